The number of halogens is 1. The van der Waals surface area contributed by atoms with Crippen molar-refractivity contribution in [2.45, 2.75) is 31.9 Å². The van der Waals surface area contributed by atoms with Gasteiger partial charge in [0.05, 0.1) is 18.6 Å². The molecule has 2 aliphatic rings. The molecule has 7 nitrogen and oxygen atoms in total. The van der Waals surface area contributed by atoms with E-state index in [1.54, 1.807) is 25.4 Å². The van der Waals surface area contributed by atoms with Crippen LogP contribution in [0.15, 0.2) is 41.5 Å². The maximum absolute atomic E-state index is 15.0. The van der Waals surface area contributed by atoms with Gasteiger partial charge in [0.2, 0.25) is 11.8 Å². The summed E-state index contributed by atoms with van der Waals surface area (Å²) in [5, 5.41) is 0. The van der Waals surface area contributed by atoms with Crippen molar-refractivity contribution >= 4 is 11.9 Å². The second-order valence-electron chi connectivity index (χ2n) is 7.62. The molecule has 3 atom stereocenters. The molecule has 0 spiro atoms. The van der Waals surface area contributed by atoms with Gasteiger partial charge in [0.1, 0.15) is 17.1 Å². The van der Waals surface area contributed by atoms with Crippen molar-refractivity contribution in [3.8, 4) is 11.6 Å². The molecule has 4 rings (SSSR count). The van der Waals surface area contributed by atoms with Gasteiger partial charge >= 0.3 is 0 Å². The van der Waals surface area contributed by atoms with Crippen molar-refractivity contribution < 1.29 is 18.7 Å². The number of hydrogen-bond acceptors (Lipinski definition) is 6. The molecule has 1 aromatic heterocycles. The molecule has 3 heterocycles. The first-order valence-corrected chi connectivity index (χ1v) is 9.45. The Balaban J connectivity index is 1.80. The van der Waals surface area contributed by atoms with Crippen LogP contribution in [0.1, 0.15) is 24.5 Å². The standard InChI is InChI=1S/C21H23FN4O3/c1-12-6-7-24-18(8-12)29-14-4-5-17(22)15(10-14)21-11-28-13(2)9-16(21)19(27)26(3)20(23)25-21/h4-8,10,13,16H,9,11H2,1-3H3,(H2,23,25)/t13-,16-,21+/m0/s1. The number of aliphatic imine (C=N–C) groups is 1. The lowest BCUT2D eigenvalue weighted by Crippen LogP contribution is -2.59. The molecule has 0 unspecified atom stereocenters. The van der Waals surface area contributed by atoms with E-state index in [0.717, 1.165) is 5.56 Å². The Hall–Kier alpha value is -3.00. The van der Waals surface area contributed by atoms with Gasteiger partial charge in [-0.3, -0.25) is 9.69 Å². The van der Waals surface area contributed by atoms with Gasteiger partial charge in [0, 0.05) is 24.9 Å². The summed E-state index contributed by atoms with van der Waals surface area (Å²) in [5.74, 6) is -0.440. The summed E-state index contributed by atoms with van der Waals surface area (Å²) >= 11 is 0. The zero-order valence-corrected chi connectivity index (χ0v) is 16.6. The van der Waals surface area contributed by atoms with Gasteiger partial charge in [-0.15, -0.1) is 0 Å². The molecule has 1 saturated heterocycles. The number of carbonyl (C=O) groups excluding carboxylic acids is 1. The molecule has 2 N–H and O–H groups in total. The smallest absolute Gasteiger partial charge is 0.235 e. The predicted molar refractivity (Wildman–Crippen MR) is 105 cm³/mol. The number of hydrogen-bond donors (Lipinski definition) is 1. The normalized spacial score (nSPS) is 26.7. The highest BCUT2D eigenvalue weighted by molar-refractivity contribution is 6.00. The minimum Gasteiger partial charge on any atom is -0.439 e. The molecule has 0 radical (unpaired) electrons. The summed E-state index contributed by atoms with van der Waals surface area (Å²) in [6, 6.07) is 8.02. The summed E-state index contributed by atoms with van der Waals surface area (Å²) in [4.78, 5) is 23.0. The number of amides is 1. The number of nitrogens with two attached hydrogens (primary N) is 1. The predicted octanol–water partition coefficient (Wildman–Crippen LogP) is 2.73. The fourth-order valence-corrected chi connectivity index (χ4v) is 3.92. The number of aryl methyl sites for hydroxylation is 1. The van der Waals surface area contributed by atoms with Gasteiger partial charge in [-0.1, -0.05) is 0 Å². The lowest BCUT2D eigenvalue weighted by Gasteiger charge is -2.46. The Labute approximate surface area is 168 Å². The Morgan fingerprint density at radius 1 is 1.34 bits per heavy atom. The molecule has 8 heteroatoms. The van der Waals surface area contributed by atoms with E-state index >= 15 is 4.39 Å². The number of fused-ring (bicyclic) bond motifs is 1. The van der Waals surface area contributed by atoms with Crippen LogP contribution >= 0.6 is 0 Å². The highest BCUT2D eigenvalue weighted by Crippen LogP contribution is 2.46. The Morgan fingerprint density at radius 3 is 2.90 bits per heavy atom. The second-order valence-corrected chi connectivity index (χ2v) is 7.62. The van der Waals surface area contributed by atoms with Crippen LogP contribution in [0.3, 0.4) is 0 Å². The van der Waals surface area contributed by atoms with Crippen molar-refractivity contribution in [1.29, 1.82) is 0 Å². The first-order chi connectivity index (χ1) is 13.8. The average Bonchev–Trinajstić information content (AvgIpc) is 2.69. The summed E-state index contributed by atoms with van der Waals surface area (Å²) in [5.41, 5.74) is 5.98. The molecule has 2 aliphatic heterocycles. The second kappa shape index (κ2) is 7.11. The quantitative estimate of drug-likeness (QED) is 0.859. The average molecular weight is 398 g/mol. The monoisotopic (exact) mass is 398 g/mol. The van der Waals surface area contributed by atoms with E-state index < -0.39 is 17.3 Å². The van der Waals surface area contributed by atoms with Gasteiger partial charge in [-0.2, -0.15) is 0 Å². The number of rotatable bonds is 3. The third-order valence-corrected chi connectivity index (χ3v) is 5.54. The van der Waals surface area contributed by atoms with E-state index in [0.29, 0.717) is 18.1 Å². The van der Waals surface area contributed by atoms with Crippen LogP contribution in [0.25, 0.3) is 0 Å². The molecule has 0 saturated carbocycles. The van der Waals surface area contributed by atoms with Crippen LogP contribution in [0.5, 0.6) is 11.6 Å². The fourth-order valence-electron chi connectivity index (χ4n) is 3.92. The van der Waals surface area contributed by atoms with Gasteiger partial charge in [0.15, 0.2) is 5.96 Å². The Kier molecular flexibility index (Phi) is 4.74. The van der Waals surface area contributed by atoms with Crippen molar-refractivity contribution in [2.24, 2.45) is 16.6 Å². The molecule has 1 amide bonds. The SMILES string of the molecule is Cc1ccnc(Oc2ccc(F)c([C@]34CO[C@@H](C)C[C@H]3C(=O)N(C)C(N)=N4)c2)c1. The summed E-state index contributed by atoms with van der Waals surface area (Å²) < 4.78 is 26.6. The number of carbonyl (C=O) groups is 1. The van der Waals surface area contributed by atoms with Crippen LogP contribution in [0, 0.1) is 18.7 Å². The van der Waals surface area contributed by atoms with E-state index in [-0.39, 0.29) is 30.1 Å². The zero-order chi connectivity index (χ0) is 20.8. The number of guanidine groups is 1. The highest BCUT2D eigenvalue weighted by atomic mass is 19.1. The first-order valence-electron chi connectivity index (χ1n) is 9.45. The topological polar surface area (TPSA) is 90.0 Å². The van der Waals surface area contributed by atoms with E-state index in [4.69, 9.17) is 15.2 Å². The minimum absolute atomic E-state index is 0.0375. The van der Waals surface area contributed by atoms with Crippen molar-refractivity contribution in [3.05, 3.63) is 53.5 Å². The van der Waals surface area contributed by atoms with E-state index in [1.165, 1.54) is 17.0 Å². The molecule has 1 aromatic carbocycles. The lowest BCUT2D eigenvalue weighted by atomic mass is 9.72. The van der Waals surface area contributed by atoms with Gasteiger partial charge < -0.3 is 15.2 Å². The molecule has 1 fully saturated rings. The van der Waals surface area contributed by atoms with Crippen LogP contribution in [-0.2, 0) is 15.1 Å². The number of aromatic nitrogens is 1. The maximum atomic E-state index is 15.0. The minimum atomic E-state index is -1.23. The van der Waals surface area contributed by atoms with Gasteiger partial charge in [-0.05, 0) is 50.1 Å². The van der Waals surface area contributed by atoms with E-state index in [2.05, 4.69) is 9.98 Å². The van der Waals surface area contributed by atoms with E-state index in [1.807, 2.05) is 19.9 Å². The maximum Gasteiger partial charge on any atom is 0.235 e. The molecule has 0 bridgehead atoms. The summed E-state index contributed by atoms with van der Waals surface area (Å²) in [6.07, 6.45) is 1.92. The number of benzene rings is 1. The number of ether oxygens (including phenoxy) is 2. The van der Waals surface area contributed by atoms with Crippen molar-refractivity contribution in [2.75, 3.05) is 13.7 Å². The number of nitrogens with zero attached hydrogens (tertiary/aromatic N) is 3. The zero-order valence-electron chi connectivity index (χ0n) is 16.6. The number of pyridine rings is 1. The van der Waals surface area contributed by atoms with Crippen LogP contribution in [0.4, 0.5) is 4.39 Å². The van der Waals surface area contributed by atoms with E-state index in [9.17, 15) is 4.79 Å². The lowest BCUT2D eigenvalue weighted by molar-refractivity contribution is -0.144. The largest absolute Gasteiger partial charge is 0.439 e. The first kappa shape index (κ1) is 19.3. The molecular weight excluding hydrogens is 375 g/mol. The Bertz CT molecular complexity index is 996. The van der Waals surface area contributed by atoms with Crippen LogP contribution in [-0.4, -0.2) is 41.5 Å². The molecule has 152 valence electrons. The van der Waals surface area contributed by atoms with Crippen molar-refractivity contribution in [3.63, 3.8) is 0 Å². The molecular formula is C21H23FN4O3. The van der Waals surface area contributed by atoms with Crippen LogP contribution < -0.4 is 10.5 Å². The summed E-state index contributed by atoms with van der Waals surface area (Å²) in [6.45, 7) is 3.87. The Morgan fingerprint density at radius 2 is 2.14 bits per heavy atom. The van der Waals surface area contributed by atoms with Gasteiger partial charge in [0.25, 0.3) is 0 Å². The summed E-state index contributed by atoms with van der Waals surface area (Å²) in [7, 11) is 1.57. The van der Waals surface area contributed by atoms with Crippen molar-refractivity contribution in [1.82, 2.24) is 9.88 Å². The highest BCUT2D eigenvalue weighted by Gasteiger charge is 2.54. The molecule has 2 aromatic rings. The van der Waals surface area contributed by atoms with Gasteiger partial charge in [-0.25, -0.2) is 14.4 Å². The third kappa shape index (κ3) is 3.33. The molecule has 0 aliphatic carbocycles. The fraction of sp³-hybridized carbons (Fsp3) is 0.381. The molecule has 29 heavy (non-hydrogen) atoms. The van der Waals surface area contributed by atoms with Crippen LogP contribution in [0.2, 0.25) is 0 Å². The third-order valence-electron chi connectivity index (χ3n) is 5.54.